The fourth-order valence-corrected chi connectivity index (χ4v) is 4.91. The summed E-state index contributed by atoms with van der Waals surface area (Å²) < 4.78 is 30.1. The van der Waals surface area contributed by atoms with Crippen molar-refractivity contribution in [3.63, 3.8) is 0 Å². The average molecular weight is 407 g/mol. The van der Waals surface area contributed by atoms with E-state index in [2.05, 4.69) is 15.5 Å². The predicted molar refractivity (Wildman–Crippen MR) is 98.5 cm³/mol. The molecule has 1 fully saturated rings. The molecule has 0 saturated carbocycles. The molecule has 1 amide bonds. The van der Waals surface area contributed by atoms with Gasteiger partial charge in [0.15, 0.2) is 15.9 Å². The number of amides is 1. The highest BCUT2D eigenvalue weighted by molar-refractivity contribution is 7.91. The maximum absolute atomic E-state index is 12.7. The first-order valence-electron chi connectivity index (χ1n) is 8.86. The Balaban J connectivity index is 1.68. The standard InChI is InChI=1S/C17H21N5O5S/c1-3-21(15-7-8-28(25,26)10-15)16(23)12(2)27-17(24)13-5-4-6-14(9-13)22-11-18-19-20-22/h4-6,9,11-12,15H,3,7-8,10H2,1-2H3. The summed E-state index contributed by atoms with van der Waals surface area (Å²) in [6, 6.07) is 6.11. The van der Waals surface area contributed by atoms with Crippen molar-refractivity contribution in [1.82, 2.24) is 25.1 Å². The van der Waals surface area contributed by atoms with Gasteiger partial charge in [-0.1, -0.05) is 6.07 Å². The summed E-state index contributed by atoms with van der Waals surface area (Å²) in [4.78, 5) is 26.7. The molecule has 0 spiro atoms. The second-order valence-electron chi connectivity index (χ2n) is 6.53. The molecular formula is C17H21N5O5S. The van der Waals surface area contributed by atoms with Crippen LogP contribution in [0.2, 0.25) is 0 Å². The van der Waals surface area contributed by atoms with Crippen molar-refractivity contribution >= 4 is 21.7 Å². The molecule has 0 radical (unpaired) electrons. The Bertz CT molecular complexity index is 960. The van der Waals surface area contributed by atoms with Gasteiger partial charge in [-0.15, -0.1) is 5.10 Å². The number of carbonyl (C=O) groups excluding carboxylic acids is 2. The minimum absolute atomic E-state index is 0.0543. The molecule has 2 unspecified atom stereocenters. The second kappa shape index (κ2) is 8.05. The van der Waals surface area contributed by atoms with Crippen LogP contribution in [0.15, 0.2) is 30.6 Å². The van der Waals surface area contributed by atoms with Crippen LogP contribution in [0.4, 0.5) is 0 Å². The molecule has 150 valence electrons. The maximum Gasteiger partial charge on any atom is 0.338 e. The third-order valence-electron chi connectivity index (χ3n) is 4.60. The van der Waals surface area contributed by atoms with Crippen molar-refractivity contribution in [1.29, 1.82) is 0 Å². The number of benzene rings is 1. The molecule has 1 saturated heterocycles. The van der Waals surface area contributed by atoms with Gasteiger partial charge in [-0.05, 0) is 48.9 Å². The molecule has 3 rings (SSSR count). The normalized spacial score (nSPS) is 19.1. The van der Waals surface area contributed by atoms with E-state index in [4.69, 9.17) is 4.74 Å². The van der Waals surface area contributed by atoms with Crippen molar-refractivity contribution in [2.45, 2.75) is 32.4 Å². The van der Waals surface area contributed by atoms with Crippen molar-refractivity contribution in [3.8, 4) is 5.69 Å². The number of tetrazole rings is 1. The summed E-state index contributed by atoms with van der Waals surface area (Å²) in [5, 5.41) is 10.8. The molecule has 28 heavy (non-hydrogen) atoms. The van der Waals surface area contributed by atoms with Gasteiger partial charge in [0, 0.05) is 12.6 Å². The highest BCUT2D eigenvalue weighted by atomic mass is 32.2. The number of carbonyl (C=O) groups is 2. The van der Waals surface area contributed by atoms with Crippen LogP contribution in [0.1, 0.15) is 30.6 Å². The number of ether oxygens (including phenoxy) is 1. The number of hydrogen-bond acceptors (Lipinski definition) is 8. The number of hydrogen-bond donors (Lipinski definition) is 0. The number of rotatable bonds is 6. The zero-order valence-corrected chi connectivity index (χ0v) is 16.4. The minimum Gasteiger partial charge on any atom is -0.449 e. The molecule has 0 bridgehead atoms. The van der Waals surface area contributed by atoms with E-state index in [1.807, 2.05) is 0 Å². The lowest BCUT2D eigenvalue weighted by Gasteiger charge is -2.29. The topological polar surface area (TPSA) is 124 Å². The second-order valence-corrected chi connectivity index (χ2v) is 8.76. The largest absolute Gasteiger partial charge is 0.449 e. The van der Waals surface area contributed by atoms with Crippen molar-refractivity contribution in [2.75, 3.05) is 18.1 Å². The van der Waals surface area contributed by atoms with Gasteiger partial charge in [-0.3, -0.25) is 4.79 Å². The number of aromatic nitrogens is 4. The van der Waals surface area contributed by atoms with E-state index >= 15 is 0 Å². The van der Waals surface area contributed by atoms with Gasteiger partial charge in [0.05, 0.1) is 22.8 Å². The molecule has 10 nitrogen and oxygen atoms in total. The van der Waals surface area contributed by atoms with Gasteiger partial charge >= 0.3 is 5.97 Å². The Hall–Kier alpha value is -2.82. The molecular weight excluding hydrogens is 386 g/mol. The summed E-state index contributed by atoms with van der Waals surface area (Å²) in [6.45, 7) is 3.60. The third kappa shape index (κ3) is 4.35. The Labute approximate surface area is 162 Å². The molecule has 11 heteroatoms. The van der Waals surface area contributed by atoms with Crippen LogP contribution >= 0.6 is 0 Å². The molecule has 1 aromatic carbocycles. The van der Waals surface area contributed by atoms with Crippen LogP contribution in [-0.2, 0) is 19.4 Å². The van der Waals surface area contributed by atoms with Crippen LogP contribution < -0.4 is 0 Å². The van der Waals surface area contributed by atoms with Crippen LogP contribution in [0.25, 0.3) is 5.69 Å². The maximum atomic E-state index is 12.7. The van der Waals surface area contributed by atoms with Crippen LogP contribution in [0, 0.1) is 0 Å². The Kier molecular flexibility index (Phi) is 5.73. The molecule has 2 aromatic rings. The minimum atomic E-state index is -3.12. The average Bonchev–Trinajstić information content (AvgIpc) is 3.32. The quantitative estimate of drug-likeness (QED) is 0.624. The molecule has 1 aliphatic heterocycles. The lowest BCUT2D eigenvalue weighted by molar-refractivity contribution is -0.141. The SMILES string of the molecule is CCN(C(=O)C(C)OC(=O)c1cccc(-n2cnnn2)c1)C1CCS(=O)(=O)C1. The summed E-state index contributed by atoms with van der Waals surface area (Å²) in [6.07, 6.45) is 0.759. The van der Waals surface area contributed by atoms with Gasteiger partial charge in [0.25, 0.3) is 5.91 Å². The van der Waals surface area contributed by atoms with Gasteiger partial charge < -0.3 is 9.64 Å². The van der Waals surface area contributed by atoms with E-state index in [9.17, 15) is 18.0 Å². The fraction of sp³-hybridized carbons (Fsp3) is 0.471. The smallest absolute Gasteiger partial charge is 0.338 e. The Morgan fingerprint density at radius 3 is 2.79 bits per heavy atom. The summed E-state index contributed by atoms with van der Waals surface area (Å²) in [7, 11) is -3.12. The van der Waals surface area contributed by atoms with E-state index in [-0.39, 0.29) is 23.1 Å². The number of nitrogens with zero attached hydrogens (tertiary/aromatic N) is 5. The first-order chi connectivity index (χ1) is 13.3. The number of sulfone groups is 1. The molecule has 2 heterocycles. The number of esters is 1. The zero-order valence-electron chi connectivity index (χ0n) is 15.6. The van der Waals surface area contributed by atoms with Gasteiger partial charge in [0.2, 0.25) is 0 Å². The molecule has 1 aromatic heterocycles. The highest BCUT2D eigenvalue weighted by Crippen LogP contribution is 2.19. The fourth-order valence-electron chi connectivity index (χ4n) is 3.18. The first kappa shape index (κ1) is 19.9. The molecule has 0 aliphatic carbocycles. The first-order valence-corrected chi connectivity index (χ1v) is 10.7. The summed E-state index contributed by atoms with van der Waals surface area (Å²) in [5.41, 5.74) is 0.823. The highest BCUT2D eigenvalue weighted by Gasteiger charge is 2.36. The Morgan fingerprint density at radius 1 is 1.39 bits per heavy atom. The third-order valence-corrected chi connectivity index (χ3v) is 6.35. The monoisotopic (exact) mass is 407 g/mol. The Morgan fingerprint density at radius 2 is 2.18 bits per heavy atom. The van der Waals surface area contributed by atoms with E-state index in [1.165, 1.54) is 22.8 Å². The van der Waals surface area contributed by atoms with Crippen LogP contribution in [-0.4, -0.2) is 75.6 Å². The van der Waals surface area contributed by atoms with Crippen molar-refractivity contribution in [3.05, 3.63) is 36.2 Å². The lowest BCUT2D eigenvalue weighted by Crippen LogP contribution is -2.46. The van der Waals surface area contributed by atoms with E-state index in [0.29, 0.717) is 18.7 Å². The van der Waals surface area contributed by atoms with Crippen molar-refractivity contribution in [2.24, 2.45) is 0 Å². The van der Waals surface area contributed by atoms with E-state index in [1.54, 1.807) is 31.2 Å². The predicted octanol–water partition coefficient (Wildman–Crippen LogP) is 0.243. The number of likely N-dealkylation sites (N-methyl/N-ethyl adjacent to an activating group) is 1. The van der Waals surface area contributed by atoms with Crippen LogP contribution in [0.3, 0.4) is 0 Å². The van der Waals surface area contributed by atoms with Gasteiger partial charge in [-0.2, -0.15) is 0 Å². The van der Waals surface area contributed by atoms with Crippen LogP contribution in [0.5, 0.6) is 0 Å². The van der Waals surface area contributed by atoms with E-state index in [0.717, 1.165) is 0 Å². The van der Waals surface area contributed by atoms with Crippen molar-refractivity contribution < 1.29 is 22.7 Å². The zero-order chi connectivity index (χ0) is 20.3. The summed E-state index contributed by atoms with van der Waals surface area (Å²) in [5.74, 6) is -1.05. The molecule has 2 atom stereocenters. The van der Waals surface area contributed by atoms with Gasteiger partial charge in [-0.25, -0.2) is 17.9 Å². The van der Waals surface area contributed by atoms with Gasteiger partial charge in [0.1, 0.15) is 6.33 Å². The lowest BCUT2D eigenvalue weighted by atomic mass is 10.2. The molecule has 1 aliphatic rings. The summed E-state index contributed by atoms with van der Waals surface area (Å²) >= 11 is 0. The van der Waals surface area contributed by atoms with E-state index < -0.39 is 27.8 Å². The molecule has 0 N–H and O–H groups in total.